The lowest BCUT2D eigenvalue weighted by molar-refractivity contribution is -0.125. The first-order valence-corrected chi connectivity index (χ1v) is 11.1. The Balaban J connectivity index is 1.75. The fourth-order valence-corrected chi connectivity index (χ4v) is 4.21. The Labute approximate surface area is 204 Å². The van der Waals surface area contributed by atoms with Gasteiger partial charge in [-0.2, -0.15) is 0 Å². The van der Waals surface area contributed by atoms with Gasteiger partial charge in [0, 0.05) is 19.7 Å². The van der Waals surface area contributed by atoms with Gasteiger partial charge in [-0.3, -0.25) is 9.59 Å². The largest absolute Gasteiger partial charge is 0.492 e. The van der Waals surface area contributed by atoms with Crippen LogP contribution < -0.4 is 0 Å². The van der Waals surface area contributed by atoms with Gasteiger partial charge in [0.25, 0.3) is 5.78 Å². The number of hydrogen-bond donors (Lipinski definition) is 0. The number of carbonyl (C=O) groups is 2. The molecule has 6 heteroatoms. The summed E-state index contributed by atoms with van der Waals surface area (Å²) in [7, 11) is 4.59. The molecule has 178 valence electrons. The van der Waals surface area contributed by atoms with E-state index in [1.807, 2.05) is 43.3 Å². The van der Waals surface area contributed by atoms with Crippen molar-refractivity contribution in [3.05, 3.63) is 118 Å². The number of methoxy groups -OCH3 is 2. The fraction of sp³-hybridized carbons (Fsp3) is 0.172. The fourth-order valence-electron chi connectivity index (χ4n) is 4.21. The zero-order chi connectivity index (χ0) is 25.1. The number of ketones is 1. The maximum absolute atomic E-state index is 14.2. The maximum atomic E-state index is 14.2. The van der Waals surface area contributed by atoms with E-state index in [0.29, 0.717) is 23.3 Å². The van der Waals surface area contributed by atoms with Crippen LogP contribution in [0.25, 0.3) is 11.1 Å². The van der Waals surface area contributed by atoms with Crippen molar-refractivity contribution >= 4 is 22.8 Å². The van der Waals surface area contributed by atoms with Crippen LogP contribution in [0.5, 0.6) is 0 Å². The summed E-state index contributed by atoms with van der Waals surface area (Å²) in [5, 5.41) is 0. The van der Waals surface area contributed by atoms with Gasteiger partial charge in [-0.25, -0.2) is 4.39 Å². The number of Topliss-reactive ketones (excluding diaryl/α,β-unsaturated/α-hetero) is 1. The Morgan fingerprint density at radius 2 is 1.66 bits per heavy atom. The standard InChI is InChI=1S/C29H26FNO4/c1-18-23(12-20-13-26(34-3)29(33)27(14-20)35-4)22-11-10-21(30)15-25(22)24(18)16-28(32)31(2)17-19-8-6-5-7-9-19/h5-16H,17H2,1-4H3/b24-16+. The molecule has 2 aliphatic carbocycles. The molecule has 0 bridgehead atoms. The van der Waals surface area contributed by atoms with Crippen LogP contribution in [0, 0.1) is 5.82 Å². The highest BCUT2D eigenvalue weighted by molar-refractivity contribution is 6.10. The molecule has 0 N–H and O–H groups in total. The Bertz CT molecular complexity index is 1320. The molecule has 0 radical (unpaired) electrons. The minimum absolute atomic E-state index is 0.166. The molecule has 0 unspecified atom stereocenters. The predicted molar refractivity (Wildman–Crippen MR) is 133 cm³/mol. The van der Waals surface area contributed by atoms with Crippen molar-refractivity contribution in [2.24, 2.45) is 0 Å². The van der Waals surface area contributed by atoms with Crippen LogP contribution in [0.3, 0.4) is 0 Å². The van der Waals surface area contributed by atoms with Gasteiger partial charge in [0.15, 0.2) is 11.5 Å². The summed E-state index contributed by atoms with van der Waals surface area (Å²) in [6, 6.07) is 14.3. The van der Waals surface area contributed by atoms with Crippen molar-refractivity contribution in [2.45, 2.75) is 13.5 Å². The number of halogens is 1. The third-order valence-corrected chi connectivity index (χ3v) is 6.07. The van der Waals surface area contributed by atoms with Crippen LogP contribution >= 0.6 is 0 Å². The highest BCUT2D eigenvalue weighted by Crippen LogP contribution is 2.43. The lowest BCUT2D eigenvalue weighted by Crippen LogP contribution is -2.24. The second kappa shape index (κ2) is 9.97. The molecule has 5 nitrogen and oxygen atoms in total. The molecule has 0 aliphatic heterocycles. The van der Waals surface area contributed by atoms with Gasteiger partial charge in [-0.1, -0.05) is 36.4 Å². The summed E-state index contributed by atoms with van der Waals surface area (Å²) in [6.07, 6.45) is 6.71. The second-order valence-corrected chi connectivity index (χ2v) is 8.37. The number of likely N-dealkylation sites (N-methyl/N-ethyl adjacent to an activating group) is 1. The highest BCUT2D eigenvalue weighted by atomic mass is 19.1. The molecule has 0 aromatic heterocycles. The first-order valence-electron chi connectivity index (χ1n) is 11.1. The van der Waals surface area contributed by atoms with E-state index in [-0.39, 0.29) is 29.0 Å². The normalized spacial score (nSPS) is 16.1. The molecule has 35 heavy (non-hydrogen) atoms. The zero-order valence-corrected chi connectivity index (χ0v) is 20.1. The minimum Gasteiger partial charge on any atom is -0.492 e. The van der Waals surface area contributed by atoms with Crippen LogP contribution in [0.4, 0.5) is 4.39 Å². The summed E-state index contributed by atoms with van der Waals surface area (Å²) < 4.78 is 24.7. The van der Waals surface area contributed by atoms with Crippen molar-refractivity contribution in [3.63, 3.8) is 0 Å². The lowest BCUT2D eigenvalue weighted by atomic mass is 9.99. The minimum atomic E-state index is -0.382. The number of allylic oxidation sites excluding steroid dienone is 7. The molecule has 0 fully saturated rings. The summed E-state index contributed by atoms with van der Waals surface area (Å²) in [6.45, 7) is 2.36. The number of nitrogens with zero attached hydrogens (tertiary/aromatic N) is 1. The molecule has 4 rings (SSSR count). The Kier molecular flexibility index (Phi) is 6.82. The number of amides is 1. The molecule has 0 saturated heterocycles. The van der Waals surface area contributed by atoms with E-state index in [2.05, 4.69) is 0 Å². The number of ether oxygens (including phenoxy) is 2. The molecule has 0 spiro atoms. The number of hydrogen-bond acceptors (Lipinski definition) is 4. The maximum Gasteiger partial charge on any atom is 0.261 e. The van der Waals surface area contributed by atoms with E-state index in [1.165, 1.54) is 26.4 Å². The summed E-state index contributed by atoms with van der Waals surface area (Å²) in [5.74, 6) is -0.565. The molecular weight excluding hydrogens is 445 g/mol. The summed E-state index contributed by atoms with van der Waals surface area (Å²) in [4.78, 5) is 27.0. The third kappa shape index (κ3) is 4.87. The smallest absolute Gasteiger partial charge is 0.261 e. The summed E-state index contributed by atoms with van der Waals surface area (Å²) in [5.41, 5.74) is 5.48. The van der Waals surface area contributed by atoms with E-state index in [9.17, 15) is 14.0 Å². The van der Waals surface area contributed by atoms with Crippen molar-refractivity contribution in [2.75, 3.05) is 21.3 Å². The Hall–Kier alpha value is -4.19. The Morgan fingerprint density at radius 1 is 1.00 bits per heavy atom. The molecule has 0 atom stereocenters. The number of carbonyl (C=O) groups excluding carboxylic acids is 2. The lowest BCUT2D eigenvalue weighted by Gasteiger charge is -2.16. The van der Waals surface area contributed by atoms with Crippen LogP contribution in [0.15, 0.2) is 95.5 Å². The highest BCUT2D eigenvalue weighted by Gasteiger charge is 2.26. The van der Waals surface area contributed by atoms with Crippen LogP contribution in [0.2, 0.25) is 0 Å². The quantitative estimate of drug-likeness (QED) is 0.542. The predicted octanol–water partition coefficient (Wildman–Crippen LogP) is 5.22. The van der Waals surface area contributed by atoms with Crippen molar-refractivity contribution in [1.82, 2.24) is 4.90 Å². The molecular formula is C29H26FNO4. The third-order valence-electron chi connectivity index (χ3n) is 6.07. The molecule has 2 aromatic rings. The van der Waals surface area contributed by atoms with Crippen LogP contribution in [0.1, 0.15) is 23.6 Å². The van der Waals surface area contributed by atoms with Gasteiger partial charge in [-0.05, 0) is 76.3 Å². The van der Waals surface area contributed by atoms with Gasteiger partial charge in [0.05, 0.1) is 14.2 Å². The van der Waals surface area contributed by atoms with Crippen LogP contribution in [-0.2, 0) is 25.6 Å². The van der Waals surface area contributed by atoms with Crippen molar-refractivity contribution in [3.8, 4) is 0 Å². The summed E-state index contributed by atoms with van der Waals surface area (Å²) >= 11 is 0. The van der Waals surface area contributed by atoms with Gasteiger partial charge in [0.1, 0.15) is 5.82 Å². The zero-order valence-electron chi connectivity index (χ0n) is 20.1. The van der Waals surface area contributed by atoms with Crippen molar-refractivity contribution in [1.29, 1.82) is 0 Å². The van der Waals surface area contributed by atoms with Crippen molar-refractivity contribution < 1.29 is 23.5 Å². The molecule has 1 amide bonds. The molecule has 2 aliphatic rings. The van der Waals surface area contributed by atoms with Gasteiger partial charge < -0.3 is 14.4 Å². The van der Waals surface area contributed by atoms with E-state index in [1.54, 1.807) is 36.2 Å². The van der Waals surface area contributed by atoms with Gasteiger partial charge >= 0.3 is 0 Å². The van der Waals surface area contributed by atoms with Crippen LogP contribution in [-0.4, -0.2) is 37.9 Å². The van der Waals surface area contributed by atoms with Gasteiger partial charge in [-0.15, -0.1) is 0 Å². The molecule has 2 aromatic carbocycles. The molecule has 0 heterocycles. The topological polar surface area (TPSA) is 55.8 Å². The first-order chi connectivity index (χ1) is 16.8. The van der Waals surface area contributed by atoms with Gasteiger partial charge in [0.2, 0.25) is 5.91 Å². The number of rotatable bonds is 6. The number of benzene rings is 2. The second-order valence-electron chi connectivity index (χ2n) is 8.37. The average Bonchev–Trinajstić information content (AvgIpc) is 3.10. The van der Waals surface area contributed by atoms with E-state index < -0.39 is 0 Å². The average molecular weight is 472 g/mol. The van der Waals surface area contributed by atoms with E-state index in [4.69, 9.17) is 9.47 Å². The SMILES string of the molecule is COC1=CC(=CC2=C(C)/C(=C\C(=O)N(C)Cc3ccccc3)c3cc(F)ccc32)C=C(OC)C1=O. The molecule has 0 saturated carbocycles. The van der Waals surface area contributed by atoms with E-state index >= 15 is 0 Å². The monoisotopic (exact) mass is 471 g/mol. The van der Waals surface area contributed by atoms with E-state index in [0.717, 1.165) is 22.3 Å². The Morgan fingerprint density at radius 3 is 2.29 bits per heavy atom. The number of fused-ring (bicyclic) bond motifs is 1. The first kappa shape index (κ1) is 24.0.